The second-order valence-electron chi connectivity index (χ2n) is 5.18. The summed E-state index contributed by atoms with van der Waals surface area (Å²) in [7, 11) is 2.04. The highest BCUT2D eigenvalue weighted by molar-refractivity contribution is 5.58. The Labute approximate surface area is 110 Å². The summed E-state index contributed by atoms with van der Waals surface area (Å²) < 4.78 is 0. The van der Waals surface area contributed by atoms with Crippen molar-refractivity contribution >= 4 is 5.69 Å². The van der Waals surface area contributed by atoms with Gasteiger partial charge < -0.3 is 10.2 Å². The van der Waals surface area contributed by atoms with Gasteiger partial charge in [-0.05, 0) is 24.6 Å². The lowest BCUT2D eigenvalue weighted by atomic mass is 10.1. The SMILES string of the molecule is CC(CNC(C)C)CN(C)c1ccccc1C#N. The molecule has 0 bridgehead atoms. The van der Waals surface area contributed by atoms with Gasteiger partial charge >= 0.3 is 0 Å². The Morgan fingerprint density at radius 2 is 1.94 bits per heavy atom. The van der Waals surface area contributed by atoms with Gasteiger partial charge in [0.15, 0.2) is 0 Å². The first-order valence-electron chi connectivity index (χ1n) is 6.48. The van der Waals surface area contributed by atoms with Crippen LogP contribution >= 0.6 is 0 Å². The van der Waals surface area contributed by atoms with Crippen molar-refractivity contribution in [1.29, 1.82) is 5.26 Å². The zero-order valence-corrected chi connectivity index (χ0v) is 11.8. The highest BCUT2D eigenvalue weighted by Gasteiger charge is 2.10. The fraction of sp³-hybridized carbons (Fsp3) is 0.533. The number of benzene rings is 1. The number of rotatable bonds is 6. The molecule has 3 heteroatoms. The maximum Gasteiger partial charge on any atom is 0.101 e. The predicted octanol–water partition coefficient (Wildman–Crippen LogP) is 2.63. The molecule has 1 aromatic carbocycles. The molecule has 0 fully saturated rings. The summed E-state index contributed by atoms with van der Waals surface area (Å²) in [6, 6.07) is 10.5. The van der Waals surface area contributed by atoms with E-state index in [9.17, 15) is 0 Å². The van der Waals surface area contributed by atoms with Gasteiger partial charge in [0.1, 0.15) is 6.07 Å². The van der Waals surface area contributed by atoms with Crippen LogP contribution in [0.15, 0.2) is 24.3 Å². The molecule has 1 rings (SSSR count). The minimum absolute atomic E-state index is 0.518. The number of para-hydroxylation sites is 1. The lowest BCUT2D eigenvalue weighted by Crippen LogP contribution is -2.34. The fourth-order valence-corrected chi connectivity index (χ4v) is 1.97. The van der Waals surface area contributed by atoms with Crippen molar-refractivity contribution < 1.29 is 0 Å². The third kappa shape index (κ3) is 4.38. The minimum Gasteiger partial charge on any atom is -0.373 e. The van der Waals surface area contributed by atoms with Gasteiger partial charge in [-0.1, -0.05) is 32.9 Å². The van der Waals surface area contributed by atoms with E-state index in [-0.39, 0.29) is 0 Å². The molecule has 3 nitrogen and oxygen atoms in total. The van der Waals surface area contributed by atoms with E-state index in [0.717, 1.165) is 24.3 Å². The lowest BCUT2D eigenvalue weighted by molar-refractivity contribution is 0.478. The van der Waals surface area contributed by atoms with Crippen LogP contribution in [-0.4, -0.2) is 26.2 Å². The van der Waals surface area contributed by atoms with Gasteiger partial charge in [-0.15, -0.1) is 0 Å². The number of nitrogens with zero attached hydrogens (tertiary/aromatic N) is 2. The molecule has 0 aliphatic rings. The molecule has 0 heterocycles. The molecule has 0 saturated heterocycles. The first-order chi connectivity index (χ1) is 8.54. The maximum absolute atomic E-state index is 9.09. The number of hydrogen-bond donors (Lipinski definition) is 1. The molecular weight excluding hydrogens is 222 g/mol. The van der Waals surface area contributed by atoms with Gasteiger partial charge in [-0.25, -0.2) is 0 Å². The normalized spacial score (nSPS) is 12.2. The first-order valence-corrected chi connectivity index (χ1v) is 6.48. The highest BCUT2D eigenvalue weighted by Crippen LogP contribution is 2.18. The average Bonchev–Trinajstić information content (AvgIpc) is 2.36. The molecule has 98 valence electrons. The van der Waals surface area contributed by atoms with E-state index in [1.165, 1.54) is 0 Å². The summed E-state index contributed by atoms with van der Waals surface area (Å²) in [6.07, 6.45) is 0. The van der Waals surface area contributed by atoms with Gasteiger partial charge in [-0.3, -0.25) is 0 Å². The van der Waals surface area contributed by atoms with Gasteiger partial charge in [-0.2, -0.15) is 5.26 Å². The van der Waals surface area contributed by atoms with Gasteiger partial charge in [0.25, 0.3) is 0 Å². The Hall–Kier alpha value is -1.53. The lowest BCUT2D eigenvalue weighted by Gasteiger charge is -2.25. The second kappa shape index (κ2) is 7.03. The Bertz CT molecular complexity index is 406. The van der Waals surface area contributed by atoms with Crippen LogP contribution in [0.4, 0.5) is 5.69 Å². The molecule has 0 aromatic heterocycles. The quantitative estimate of drug-likeness (QED) is 0.837. The summed E-state index contributed by atoms with van der Waals surface area (Å²) in [5, 5.41) is 12.5. The Kier molecular flexibility index (Phi) is 5.67. The van der Waals surface area contributed by atoms with Crippen molar-refractivity contribution in [3.8, 4) is 6.07 Å². The average molecular weight is 245 g/mol. The maximum atomic E-state index is 9.09. The van der Waals surface area contributed by atoms with Crippen molar-refractivity contribution in [3.63, 3.8) is 0 Å². The van der Waals surface area contributed by atoms with Gasteiger partial charge in [0.05, 0.1) is 11.3 Å². The van der Waals surface area contributed by atoms with Crippen molar-refractivity contribution in [1.82, 2.24) is 5.32 Å². The molecular formula is C15H23N3. The van der Waals surface area contributed by atoms with Gasteiger partial charge in [0.2, 0.25) is 0 Å². The van der Waals surface area contributed by atoms with Crippen LogP contribution in [-0.2, 0) is 0 Å². The van der Waals surface area contributed by atoms with Gasteiger partial charge in [0, 0.05) is 19.6 Å². The van der Waals surface area contributed by atoms with E-state index >= 15 is 0 Å². The van der Waals surface area contributed by atoms with Crippen LogP contribution in [0.5, 0.6) is 0 Å². The summed E-state index contributed by atoms with van der Waals surface area (Å²) in [5.41, 5.74) is 1.75. The molecule has 0 aliphatic heterocycles. The molecule has 1 atom stereocenters. The topological polar surface area (TPSA) is 39.1 Å². The van der Waals surface area contributed by atoms with Crippen LogP contribution in [0.1, 0.15) is 26.3 Å². The molecule has 0 saturated carbocycles. The van der Waals surface area contributed by atoms with E-state index < -0.39 is 0 Å². The number of nitriles is 1. The smallest absolute Gasteiger partial charge is 0.101 e. The summed E-state index contributed by atoms with van der Waals surface area (Å²) in [4.78, 5) is 2.16. The number of hydrogen-bond acceptors (Lipinski definition) is 3. The molecule has 18 heavy (non-hydrogen) atoms. The minimum atomic E-state index is 0.518. The number of anilines is 1. The zero-order chi connectivity index (χ0) is 13.5. The van der Waals surface area contributed by atoms with E-state index in [1.807, 2.05) is 31.3 Å². The molecule has 0 spiro atoms. The van der Waals surface area contributed by atoms with Crippen LogP contribution in [0.3, 0.4) is 0 Å². The largest absolute Gasteiger partial charge is 0.373 e. The van der Waals surface area contributed by atoms with Crippen LogP contribution in [0.25, 0.3) is 0 Å². The molecule has 0 amide bonds. The summed E-state index contributed by atoms with van der Waals surface area (Å²) in [5.74, 6) is 0.546. The summed E-state index contributed by atoms with van der Waals surface area (Å²) in [6.45, 7) is 8.47. The Balaban J connectivity index is 2.59. The van der Waals surface area contributed by atoms with E-state index in [2.05, 4.69) is 37.1 Å². The van der Waals surface area contributed by atoms with Crippen molar-refractivity contribution in [2.75, 3.05) is 25.0 Å². The van der Waals surface area contributed by atoms with Crippen LogP contribution in [0.2, 0.25) is 0 Å². The van der Waals surface area contributed by atoms with Crippen molar-refractivity contribution in [2.45, 2.75) is 26.8 Å². The first kappa shape index (κ1) is 14.5. The van der Waals surface area contributed by atoms with Crippen LogP contribution in [0, 0.1) is 17.2 Å². The third-order valence-electron chi connectivity index (χ3n) is 2.90. The summed E-state index contributed by atoms with van der Waals surface area (Å²) >= 11 is 0. The molecule has 0 aliphatic carbocycles. The molecule has 1 aromatic rings. The standard InChI is InChI=1S/C15H23N3/c1-12(2)17-10-13(3)11-18(4)15-8-6-5-7-14(15)9-16/h5-8,12-13,17H,10-11H2,1-4H3. The van der Waals surface area contributed by atoms with E-state index in [1.54, 1.807) is 0 Å². The number of nitrogens with one attached hydrogen (secondary N) is 1. The molecule has 1 unspecified atom stereocenters. The molecule has 0 radical (unpaired) electrons. The third-order valence-corrected chi connectivity index (χ3v) is 2.90. The van der Waals surface area contributed by atoms with E-state index in [0.29, 0.717) is 12.0 Å². The van der Waals surface area contributed by atoms with Crippen molar-refractivity contribution in [3.05, 3.63) is 29.8 Å². The van der Waals surface area contributed by atoms with Crippen molar-refractivity contribution in [2.24, 2.45) is 5.92 Å². The highest BCUT2D eigenvalue weighted by atomic mass is 15.1. The molecule has 1 N–H and O–H groups in total. The van der Waals surface area contributed by atoms with E-state index in [4.69, 9.17) is 5.26 Å². The second-order valence-corrected chi connectivity index (χ2v) is 5.18. The predicted molar refractivity (Wildman–Crippen MR) is 76.7 cm³/mol. The van der Waals surface area contributed by atoms with Crippen LogP contribution < -0.4 is 10.2 Å². The Morgan fingerprint density at radius 1 is 1.28 bits per heavy atom. The monoisotopic (exact) mass is 245 g/mol. The Morgan fingerprint density at radius 3 is 2.56 bits per heavy atom. The zero-order valence-electron chi connectivity index (χ0n) is 11.8. The fourth-order valence-electron chi connectivity index (χ4n) is 1.97.